The maximum atomic E-state index is 12.4. The summed E-state index contributed by atoms with van der Waals surface area (Å²) in [6.07, 6.45) is 2.24. The highest BCUT2D eigenvalue weighted by atomic mass is 32.1. The van der Waals surface area contributed by atoms with Crippen LogP contribution < -0.4 is 16.2 Å². The Bertz CT molecular complexity index is 801. The summed E-state index contributed by atoms with van der Waals surface area (Å²) in [5.74, 6) is -0.0586. The number of nitrogens with one attached hydrogen (secondary N) is 3. The summed E-state index contributed by atoms with van der Waals surface area (Å²) in [6.45, 7) is 0. The summed E-state index contributed by atoms with van der Waals surface area (Å²) in [4.78, 5) is 13.6. The highest BCUT2D eigenvalue weighted by molar-refractivity contribution is 7.10. The van der Waals surface area contributed by atoms with Crippen LogP contribution in [0.1, 0.15) is 17.3 Å². The molecule has 122 valence electrons. The van der Waals surface area contributed by atoms with E-state index in [1.54, 1.807) is 16.0 Å². The molecule has 1 aliphatic rings. The van der Waals surface area contributed by atoms with E-state index in [0.717, 1.165) is 17.8 Å². The van der Waals surface area contributed by atoms with Crippen molar-refractivity contribution < 1.29 is 4.79 Å². The molecular formula is C15H15N7OS. The molecule has 0 bridgehead atoms. The summed E-state index contributed by atoms with van der Waals surface area (Å²) in [5.41, 5.74) is 7.80. The van der Waals surface area contributed by atoms with E-state index in [1.807, 2.05) is 35.7 Å². The molecule has 0 saturated carbocycles. The third kappa shape index (κ3) is 3.04. The molecule has 1 aliphatic heterocycles. The Morgan fingerprint density at radius 2 is 2.12 bits per heavy atom. The minimum absolute atomic E-state index is 0.0586. The van der Waals surface area contributed by atoms with Gasteiger partial charge in [0, 0.05) is 10.6 Å². The van der Waals surface area contributed by atoms with Crippen molar-refractivity contribution in [1.82, 2.24) is 31.1 Å². The van der Waals surface area contributed by atoms with Gasteiger partial charge in [-0.2, -0.15) is 0 Å². The zero-order chi connectivity index (χ0) is 16.4. The van der Waals surface area contributed by atoms with Crippen LogP contribution in [0.4, 0.5) is 5.69 Å². The van der Waals surface area contributed by atoms with Crippen molar-refractivity contribution in [1.29, 1.82) is 0 Å². The predicted molar refractivity (Wildman–Crippen MR) is 89.5 cm³/mol. The lowest BCUT2D eigenvalue weighted by Gasteiger charge is -2.11. The van der Waals surface area contributed by atoms with Crippen molar-refractivity contribution in [3.05, 3.63) is 53.0 Å². The second-order valence-electron chi connectivity index (χ2n) is 5.44. The van der Waals surface area contributed by atoms with Crippen LogP contribution in [0, 0.1) is 0 Å². The van der Waals surface area contributed by atoms with Crippen molar-refractivity contribution in [2.45, 2.75) is 18.5 Å². The second kappa shape index (κ2) is 6.48. The van der Waals surface area contributed by atoms with Gasteiger partial charge in [-0.25, -0.2) is 15.5 Å². The first kappa shape index (κ1) is 14.9. The Labute approximate surface area is 141 Å². The molecule has 3 aromatic rings. The SMILES string of the molecule is O=C(Nc1ccc(-n2cnnn2)cc1)C1CC(c2cccs2)NN1. The quantitative estimate of drug-likeness (QED) is 0.661. The van der Waals surface area contributed by atoms with E-state index < -0.39 is 0 Å². The first-order valence-electron chi connectivity index (χ1n) is 7.48. The second-order valence-corrected chi connectivity index (χ2v) is 6.41. The number of carbonyl (C=O) groups excluding carboxylic acids is 1. The maximum Gasteiger partial charge on any atom is 0.242 e. The number of thiophene rings is 1. The molecule has 2 aromatic heterocycles. The highest BCUT2D eigenvalue weighted by Crippen LogP contribution is 2.26. The lowest BCUT2D eigenvalue weighted by Crippen LogP contribution is -2.39. The van der Waals surface area contributed by atoms with E-state index in [2.05, 4.69) is 37.8 Å². The Kier molecular flexibility index (Phi) is 4.03. The molecule has 8 nitrogen and oxygen atoms in total. The standard InChI is InChI=1S/C15H15N7OS/c23-15(13-8-12(18-19-13)14-2-1-7-24-14)17-10-3-5-11(6-4-10)22-9-16-20-21-22/h1-7,9,12-13,18-19H,8H2,(H,17,23). The van der Waals surface area contributed by atoms with Gasteiger partial charge in [-0.05, 0) is 52.6 Å². The van der Waals surface area contributed by atoms with Gasteiger partial charge in [-0.1, -0.05) is 6.07 Å². The normalized spacial score (nSPS) is 20.2. The summed E-state index contributed by atoms with van der Waals surface area (Å²) in [5, 5.41) is 16.0. The van der Waals surface area contributed by atoms with Gasteiger partial charge < -0.3 is 5.32 Å². The molecule has 3 N–H and O–H groups in total. The fourth-order valence-electron chi connectivity index (χ4n) is 2.61. The number of carbonyl (C=O) groups is 1. The van der Waals surface area contributed by atoms with E-state index in [9.17, 15) is 4.79 Å². The van der Waals surface area contributed by atoms with E-state index in [-0.39, 0.29) is 18.0 Å². The molecule has 0 radical (unpaired) electrons. The molecule has 1 fully saturated rings. The summed E-state index contributed by atoms with van der Waals surface area (Å²) in [7, 11) is 0. The van der Waals surface area contributed by atoms with Crippen molar-refractivity contribution >= 4 is 22.9 Å². The molecule has 0 spiro atoms. The fraction of sp³-hybridized carbons (Fsp3) is 0.200. The zero-order valence-corrected chi connectivity index (χ0v) is 13.4. The Hall–Kier alpha value is -2.62. The van der Waals surface area contributed by atoms with E-state index in [0.29, 0.717) is 0 Å². The van der Waals surface area contributed by atoms with Gasteiger partial charge in [0.1, 0.15) is 12.4 Å². The minimum atomic E-state index is -0.267. The Morgan fingerprint density at radius 1 is 1.25 bits per heavy atom. The molecular weight excluding hydrogens is 326 g/mol. The van der Waals surface area contributed by atoms with Gasteiger partial charge >= 0.3 is 0 Å². The number of hydrogen-bond donors (Lipinski definition) is 3. The van der Waals surface area contributed by atoms with Gasteiger partial charge in [0.05, 0.1) is 11.7 Å². The topological polar surface area (TPSA) is 96.8 Å². The highest BCUT2D eigenvalue weighted by Gasteiger charge is 2.30. The van der Waals surface area contributed by atoms with Gasteiger partial charge in [0.25, 0.3) is 0 Å². The van der Waals surface area contributed by atoms with Crippen LogP contribution >= 0.6 is 11.3 Å². The maximum absolute atomic E-state index is 12.4. The first-order chi connectivity index (χ1) is 11.8. The molecule has 0 aliphatic carbocycles. The Morgan fingerprint density at radius 3 is 2.83 bits per heavy atom. The third-order valence-corrected chi connectivity index (χ3v) is 4.84. The molecule has 2 atom stereocenters. The number of amides is 1. The molecule has 24 heavy (non-hydrogen) atoms. The van der Waals surface area contributed by atoms with Crippen LogP contribution in [0.2, 0.25) is 0 Å². The molecule has 2 unspecified atom stereocenters. The van der Waals surface area contributed by atoms with Gasteiger partial charge in [0.15, 0.2) is 0 Å². The molecule has 1 saturated heterocycles. The average molecular weight is 341 g/mol. The number of tetrazole rings is 1. The Balaban J connectivity index is 1.38. The summed E-state index contributed by atoms with van der Waals surface area (Å²) in [6, 6.07) is 11.3. The van der Waals surface area contributed by atoms with Crippen molar-refractivity contribution in [3.8, 4) is 5.69 Å². The van der Waals surface area contributed by atoms with Crippen LogP contribution in [-0.2, 0) is 4.79 Å². The monoisotopic (exact) mass is 341 g/mol. The minimum Gasteiger partial charge on any atom is -0.325 e. The van der Waals surface area contributed by atoms with E-state index in [4.69, 9.17) is 0 Å². The van der Waals surface area contributed by atoms with Crippen molar-refractivity contribution in [2.75, 3.05) is 5.32 Å². The molecule has 3 heterocycles. The fourth-order valence-corrected chi connectivity index (χ4v) is 3.40. The van der Waals surface area contributed by atoms with Gasteiger partial charge in [-0.15, -0.1) is 16.4 Å². The van der Waals surface area contributed by atoms with Crippen LogP contribution in [0.15, 0.2) is 48.1 Å². The summed E-state index contributed by atoms with van der Waals surface area (Å²) < 4.78 is 1.56. The van der Waals surface area contributed by atoms with Crippen LogP contribution in [0.3, 0.4) is 0 Å². The zero-order valence-electron chi connectivity index (χ0n) is 12.6. The molecule has 1 amide bonds. The number of hydrogen-bond acceptors (Lipinski definition) is 7. The number of benzene rings is 1. The number of nitrogens with zero attached hydrogens (tertiary/aromatic N) is 4. The first-order valence-corrected chi connectivity index (χ1v) is 8.36. The van der Waals surface area contributed by atoms with Crippen LogP contribution in [0.5, 0.6) is 0 Å². The number of rotatable bonds is 4. The third-order valence-electron chi connectivity index (χ3n) is 3.85. The smallest absolute Gasteiger partial charge is 0.242 e. The van der Waals surface area contributed by atoms with Crippen LogP contribution in [0.25, 0.3) is 5.69 Å². The number of hydrazine groups is 1. The molecule has 9 heteroatoms. The molecule has 4 rings (SSSR count). The number of aromatic nitrogens is 4. The lowest BCUT2D eigenvalue weighted by molar-refractivity contribution is -0.117. The predicted octanol–water partition coefficient (Wildman–Crippen LogP) is 1.27. The number of anilines is 1. The van der Waals surface area contributed by atoms with Gasteiger partial charge in [-0.3, -0.25) is 4.79 Å². The average Bonchev–Trinajstić information content (AvgIpc) is 3.35. The summed E-state index contributed by atoms with van der Waals surface area (Å²) >= 11 is 1.69. The van der Waals surface area contributed by atoms with Gasteiger partial charge in [0.2, 0.25) is 5.91 Å². The largest absolute Gasteiger partial charge is 0.325 e. The van der Waals surface area contributed by atoms with Crippen molar-refractivity contribution in [3.63, 3.8) is 0 Å². The van der Waals surface area contributed by atoms with Crippen LogP contribution in [-0.4, -0.2) is 32.2 Å². The van der Waals surface area contributed by atoms with E-state index >= 15 is 0 Å². The lowest BCUT2D eigenvalue weighted by atomic mass is 10.1. The van der Waals surface area contributed by atoms with E-state index in [1.165, 1.54) is 11.2 Å². The van der Waals surface area contributed by atoms with Crippen molar-refractivity contribution in [2.24, 2.45) is 0 Å². The molecule has 1 aromatic carbocycles.